The molecule has 2 N–H and O–H groups in total. The van der Waals surface area contributed by atoms with Gasteiger partial charge in [-0.25, -0.2) is 0 Å². The fourth-order valence-corrected chi connectivity index (χ4v) is 1.54. The number of hydrogen-bond acceptors (Lipinski definition) is 3. The summed E-state index contributed by atoms with van der Waals surface area (Å²) < 4.78 is 0. The number of aliphatic hydroxyl groups is 1. The van der Waals surface area contributed by atoms with E-state index in [9.17, 15) is 5.11 Å². The Morgan fingerprint density at radius 2 is 2.33 bits per heavy atom. The summed E-state index contributed by atoms with van der Waals surface area (Å²) in [4.78, 5) is 4.22. The van der Waals surface area contributed by atoms with Gasteiger partial charge in [0.15, 0.2) is 0 Å². The average molecular weight is 164 g/mol. The molecule has 0 aromatic carbocycles. The van der Waals surface area contributed by atoms with Crippen LogP contribution in [0.3, 0.4) is 0 Å². The summed E-state index contributed by atoms with van der Waals surface area (Å²) in [6.45, 7) is 0. The molecule has 1 aliphatic heterocycles. The Balaban J connectivity index is 2.11. The van der Waals surface area contributed by atoms with Gasteiger partial charge in [-0.1, -0.05) is 6.07 Å². The number of rotatable bonds is 1. The van der Waals surface area contributed by atoms with Crippen LogP contribution in [0.15, 0.2) is 24.4 Å². The van der Waals surface area contributed by atoms with E-state index in [0.29, 0.717) is 0 Å². The average Bonchev–Trinajstić information content (AvgIpc) is 2.54. The topological polar surface area (TPSA) is 45.2 Å². The molecule has 2 rings (SSSR count). The first kappa shape index (κ1) is 7.71. The number of hydrogen-bond donors (Lipinski definition) is 2. The number of aromatic nitrogens is 1. The lowest BCUT2D eigenvalue weighted by molar-refractivity contribution is 0.154. The van der Waals surface area contributed by atoms with Crippen molar-refractivity contribution in [1.29, 1.82) is 0 Å². The van der Waals surface area contributed by atoms with Crippen molar-refractivity contribution in [2.24, 2.45) is 0 Å². The van der Waals surface area contributed by atoms with E-state index in [1.54, 1.807) is 6.20 Å². The van der Waals surface area contributed by atoms with E-state index < -0.39 is 0 Å². The van der Waals surface area contributed by atoms with Gasteiger partial charge in [0.2, 0.25) is 0 Å². The molecule has 0 saturated carbocycles. The maximum Gasteiger partial charge on any atom is 0.105 e. The SMILES string of the molecule is OC1CCC(c2ccccn2)N1. The van der Waals surface area contributed by atoms with Gasteiger partial charge >= 0.3 is 0 Å². The van der Waals surface area contributed by atoms with E-state index in [4.69, 9.17) is 0 Å². The first-order chi connectivity index (χ1) is 5.86. The zero-order chi connectivity index (χ0) is 8.39. The summed E-state index contributed by atoms with van der Waals surface area (Å²) in [5, 5.41) is 12.3. The molecule has 1 aromatic heterocycles. The zero-order valence-corrected chi connectivity index (χ0v) is 6.77. The van der Waals surface area contributed by atoms with Crippen LogP contribution in [0, 0.1) is 0 Å². The lowest BCUT2D eigenvalue weighted by Crippen LogP contribution is -2.23. The van der Waals surface area contributed by atoms with Gasteiger partial charge in [0, 0.05) is 6.20 Å². The third kappa shape index (κ3) is 1.47. The van der Waals surface area contributed by atoms with Crippen molar-refractivity contribution >= 4 is 0 Å². The quantitative estimate of drug-likeness (QED) is 0.646. The molecule has 1 fully saturated rings. The number of nitrogens with zero attached hydrogens (tertiary/aromatic N) is 1. The molecule has 1 aliphatic rings. The first-order valence-corrected chi connectivity index (χ1v) is 4.21. The van der Waals surface area contributed by atoms with Crippen LogP contribution in [0.25, 0.3) is 0 Å². The predicted molar refractivity (Wildman–Crippen MR) is 45.4 cm³/mol. The highest BCUT2D eigenvalue weighted by atomic mass is 16.3. The largest absolute Gasteiger partial charge is 0.379 e. The Bertz CT molecular complexity index is 250. The lowest BCUT2D eigenvalue weighted by atomic mass is 10.1. The fourth-order valence-electron chi connectivity index (χ4n) is 1.54. The van der Waals surface area contributed by atoms with E-state index in [-0.39, 0.29) is 12.3 Å². The van der Waals surface area contributed by atoms with Crippen molar-refractivity contribution in [3.63, 3.8) is 0 Å². The van der Waals surface area contributed by atoms with Crippen molar-refractivity contribution in [2.75, 3.05) is 0 Å². The molecule has 1 aromatic rings. The van der Waals surface area contributed by atoms with Crippen molar-refractivity contribution in [2.45, 2.75) is 25.1 Å². The Labute approximate surface area is 71.4 Å². The van der Waals surface area contributed by atoms with Gasteiger partial charge in [-0.3, -0.25) is 10.3 Å². The summed E-state index contributed by atoms with van der Waals surface area (Å²) >= 11 is 0. The highest BCUT2D eigenvalue weighted by Gasteiger charge is 2.23. The summed E-state index contributed by atoms with van der Waals surface area (Å²) in [5.41, 5.74) is 1.02. The van der Waals surface area contributed by atoms with E-state index >= 15 is 0 Å². The standard InChI is InChI=1S/C9H12N2O/c12-9-5-4-8(11-9)7-3-1-2-6-10-7/h1-3,6,8-9,11-12H,4-5H2. The van der Waals surface area contributed by atoms with Gasteiger partial charge in [0.1, 0.15) is 6.23 Å². The summed E-state index contributed by atoms with van der Waals surface area (Å²) in [6, 6.07) is 6.08. The third-order valence-corrected chi connectivity index (χ3v) is 2.17. The van der Waals surface area contributed by atoms with Crippen molar-refractivity contribution in [3.05, 3.63) is 30.1 Å². The lowest BCUT2D eigenvalue weighted by Gasteiger charge is -2.09. The van der Waals surface area contributed by atoms with E-state index in [1.165, 1.54) is 0 Å². The molecule has 2 heterocycles. The van der Waals surface area contributed by atoms with Crippen LogP contribution in [0.1, 0.15) is 24.6 Å². The molecule has 3 nitrogen and oxygen atoms in total. The van der Waals surface area contributed by atoms with Crippen LogP contribution >= 0.6 is 0 Å². The van der Waals surface area contributed by atoms with Crippen molar-refractivity contribution in [1.82, 2.24) is 10.3 Å². The van der Waals surface area contributed by atoms with Crippen LogP contribution in [-0.2, 0) is 0 Å². The number of pyridine rings is 1. The van der Waals surface area contributed by atoms with Gasteiger partial charge in [0.05, 0.1) is 11.7 Å². The van der Waals surface area contributed by atoms with Crippen LogP contribution in [0.4, 0.5) is 0 Å². The summed E-state index contributed by atoms with van der Waals surface area (Å²) in [6.07, 6.45) is 3.22. The summed E-state index contributed by atoms with van der Waals surface area (Å²) in [7, 11) is 0. The summed E-state index contributed by atoms with van der Waals surface area (Å²) in [5.74, 6) is 0. The first-order valence-electron chi connectivity index (χ1n) is 4.21. The fraction of sp³-hybridized carbons (Fsp3) is 0.444. The van der Waals surface area contributed by atoms with Gasteiger partial charge in [-0.2, -0.15) is 0 Å². The molecule has 0 spiro atoms. The monoisotopic (exact) mass is 164 g/mol. The maximum absolute atomic E-state index is 9.22. The van der Waals surface area contributed by atoms with Gasteiger partial charge in [0.25, 0.3) is 0 Å². The molecule has 64 valence electrons. The smallest absolute Gasteiger partial charge is 0.105 e. The van der Waals surface area contributed by atoms with Gasteiger partial charge in [-0.15, -0.1) is 0 Å². The second kappa shape index (κ2) is 3.21. The van der Waals surface area contributed by atoms with Gasteiger partial charge < -0.3 is 5.11 Å². The molecule has 3 heteroatoms. The Morgan fingerprint density at radius 1 is 1.42 bits per heavy atom. The Morgan fingerprint density at radius 3 is 2.92 bits per heavy atom. The normalized spacial score (nSPS) is 29.1. The third-order valence-electron chi connectivity index (χ3n) is 2.17. The van der Waals surface area contributed by atoms with E-state index in [1.807, 2.05) is 18.2 Å². The van der Waals surface area contributed by atoms with Crippen LogP contribution in [0.2, 0.25) is 0 Å². The Hall–Kier alpha value is -0.930. The molecule has 12 heavy (non-hydrogen) atoms. The second-order valence-corrected chi connectivity index (χ2v) is 3.07. The highest BCUT2D eigenvalue weighted by molar-refractivity contribution is 5.09. The van der Waals surface area contributed by atoms with E-state index in [0.717, 1.165) is 18.5 Å². The molecular weight excluding hydrogens is 152 g/mol. The molecule has 0 bridgehead atoms. The van der Waals surface area contributed by atoms with Crippen LogP contribution < -0.4 is 5.32 Å². The molecule has 2 atom stereocenters. The minimum Gasteiger partial charge on any atom is -0.379 e. The van der Waals surface area contributed by atoms with Gasteiger partial charge in [-0.05, 0) is 25.0 Å². The molecule has 0 amide bonds. The minimum atomic E-state index is -0.350. The van der Waals surface area contributed by atoms with Crippen LogP contribution in [0.5, 0.6) is 0 Å². The number of aliphatic hydroxyl groups excluding tert-OH is 1. The zero-order valence-electron chi connectivity index (χ0n) is 6.77. The number of nitrogens with one attached hydrogen (secondary N) is 1. The molecule has 0 aliphatic carbocycles. The van der Waals surface area contributed by atoms with E-state index in [2.05, 4.69) is 10.3 Å². The molecule has 2 unspecified atom stereocenters. The highest BCUT2D eigenvalue weighted by Crippen LogP contribution is 2.23. The Kier molecular flexibility index (Phi) is 2.06. The second-order valence-electron chi connectivity index (χ2n) is 3.07. The predicted octanol–water partition coefficient (Wildman–Crippen LogP) is 0.825. The van der Waals surface area contributed by atoms with Crippen molar-refractivity contribution < 1.29 is 5.11 Å². The minimum absolute atomic E-state index is 0.237. The maximum atomic E-state index is 9.22. The molecular formula is C9H12N2O. The van der Waals surface area contributed by atoms with Crippen molar-refractivity contribution in [3.8, 4) is 0 Å². The molecule has 0 radical (unpaired) electrons. The molecule has 1 saturated heterocycles. The van der Waals surface area contributed by atoms with Crippen LogP contribution in [-0.4, -0.2) is 16.3 Å².